The van der Waals surface area contributed by atoms with Crippen molar-refractivity contribution < 1.29 is 14.6 Å². The molecule has 1 aliphatic rings. The molecular weight excluding hydrogens is 288 g/mol. The second-order valence-corrected chi connectivity index (χ2v) is 6.51. The summed E-state index contributed by atoms with van der Waals surface area (Å²) in [6.45, 7) is -0.0304. The molecule has 0 spiro atoms. The SMILES string of the molecule is COc1ccc2c(N)c(C(=O)NC3(CO)CCC3)sc2c1. The molecule has 0 unspecified atom stereocenters. The van der Waals surface area contributed by atoms with Gasteiger partial charge in [-0.1, -0.05) is 0 Å². The number of nitrogens with two attached hydrogens (primary N) is 1. The number of aliphatic hydroxyl groups excluding tert-OH is 1. The zero-order valence-corrected chi connectivity index (χ0v) is 12.6. The molecule has 4 N–H and O–H groups in total. The first-order chi connectivity index (χ1) is 10.1. The molecule has 1 heterocycles. The molecule has 3 rings (SSSR count). The summed E-state index contributed by atoms with van der Waals surface area (Å²) in [7, 11) is 1.60. The van der Waals surface area contributed by atoms with E-state index in [4.69, 9.17) is 10.5 Å². The van der Waals surface area contributed by atoms with E-state index in [2.05, 4.69) is 5.32 Å². The summed E-state index contributed by atoms with van der Waals surface area (Å²) >= 11 is 1.35. The van der Waals surface area contributed by atoms with Crippen LogP contribution in [0.1, 0.15) is 28.9 Å². The Hall–Kier alpha value is -1.79. The highest BCUT2D eigenvalue weighted by Crippen LogP contribution is 2.37. The first-order valence-corrected chi connectivity index (χ1v) is 7.69. The number of aliphatic hydroxyl groups is 1. The highest BCUT2D eigenvalue weighted by atomic mass is 32.1. The summed E-state index contributed by atoms with van der Waals surface area (Å²) in [6.07, 6.45) is 2.65. The van der Waals surface area contributed by atoms with E-state index in [1.165, 1.54) is 11.3 Å². The van der Waals surface area contributed by atoms with E-state index in [1.807, 2.05) is 18.2 Å². The molecule has 6 heteroatoms. The average molecular weight is 306 g/mol. The first kappa shape index (κ1) is 14.2. The molecule has 1 amide bonds. The number of nitrogens with one attached hydrogen (secondary N) is 1. The number of carbonyl (C=O) groups is 1. The van der Waals surface area contributed by atoms with Gasteiger partial charge in [-0.25, -0.2) is 0 Å². The normalized spacial score (nSPS) is 16.5. The Labute approximate surface area is 126 Å². The number of rotatable bonds is 4. The maximum absolute atomic E-state index is 12.4. The molecule has 21 heavy (non-hydrogen) atoms. The number of carbonyl (C=O) groups excluding carboxylic acids is 1. The summed E-state index contributed by atoms with van der Waals surface area (Å²) in [5.41, 5.74) is 6.13. The third-order valence-corrected chi connectivity index (χ3v) is 5.30. The molecule has 112 valence electrons. The van der Waals surface area contributed by atoms with E-state index >= 15 is 0 Å². The monoisotopic (exact) mass is 306 g/mol. The Bertz CT molecular complexity index is 686. The Balaban J connectivity index is 1.92. The van der Waals surface area contributed by atoms with Crippen molar-refractivity contribution in [2.75, 3.05) is 19.5 Å². The van der Waals surface area contributed by atoms with Gasteiger partial charge in [0.1, 0.15) is 10.6 Å². The van der Waals surface area contributed by atoms with E-state index in [-0.39, 0.29) is 12.5 Å². The van der Waals surface area contributed by atoms with Crippen LogP contribution in [0, 0.1) is 0 Å². The molecule has 1 aromatic carbocycles. The minimum absolute atomic E-state index is 0.0304. The minimum Gasteiger partial charge on any atom is -0.497 e. The van der Waals surface area contributed by atoms with Crippen LogP contribution in [0.3, 0.4) is 0 Å². The lowest BCUT2D eigenvalue weighted by atomic mass is 9.77. The third kappa shape index (κ3) is 2.34. The maximum Gasteiger partial charge on any atom is 0.264 e. The van der Waals surface area contributed by atoms with Crippen LogP contribution < -0.4 is 15.8 Å². The fraction of sp³-hybridized carbons (Fsp3) is 0.400. The average Bonchev–Trinajstić information content (AvgIpc) is 2.79. The predicted molar refractivity (Wildman–Crippen MR) is 83.9 cm³/mol. The van der Waals surface area contributed by atoms with Gasteiger partial charge in [0.25, 0.3) is 5.91 Å². The Morgan fingerprint density at radius 2 is 2.29 bits per heavy atom. The van der Waals surface area contributed by atoms with Crippen LogP contribution in [0.5, 0.6) is 5.75 Å². The number of methoxy groups -OCH3 is 1. The van der Waals surface area contributed by atoms with E-state index in [9.17, 15) is 9.90 Å². The Kier molecular flexibility index (Phi) is 3.51. The van der Waals surface area contributed by atoms with Gasteiger partial charge in [0.15, 0.2) is 0 Å². The number of nitrogen functional groups attached to an aromatic ring is 1. The smallest absolute Gasteiger partial charge is 0.264 e. The lowest BCUT2D eigenvalue weighted by molar-refractivity contribution is 0.0646. The molecule has 0 aliphatic heterocycles. The summed E-state index contributed by atoms with van der Waals surface area (Å²) < 4.78 is 6.11. The van der Waals surface area contributed by atoms with Crippen molar-refractivity contribution in [3.05, 3.63) is 23.1 Å². The van der Waals surface area contributed by atoms with E-state index in [0.29, 0.717) is 10.6 Å². The number of fused-ring (bicyclic) bond motifs is 1. The minimum atomic E-state index is -0.461. The highest BCUT2D eigenvalue weighted by molar-refractivity contribution is 7.21. The van der Waals surface area contributed by atoms with Crippen molar-refractivity contribution in [1.29, 1.82) is 0 Å². The van der Waals surface area contributed by atoms with Crippen LogP contribution >= 0.6 is 11.3 Å². The molecule has 0 atom stereocenters. The van der Waals surface area contributed by atoms with Gasteiger partial charge < -0.3 is 20.9 Å². The summed E-state index contributed by atoms with van der Waals surface area (Å²) in [4.78, 5) is 12.9. The molecule has 2 aromatic rings. The molecule has 1 aliphatic carbocycles. The largest absolute Gasteiger partial charge is 0.497 e. The molecule has 1 aromatic heterocycles. The number of benzene rings is 1. The highest BCUT2D eigenvalue weighted by Gasteiger charge is 2.38. The molecule has 0 bridgehead atoms. The molecule has 1 saturated carbocycles. The first-order valence-electron chi connectivity index (χ1n) is 6.88. The summed E-state index contributed by atoms with van der Waals surface area (Å²) in [5.74, 6) is 0.531. The second kappa shape index (κ2) is 5.20. The lowest BCUT2D eigenvalue weighted by Crippen LogP contribution is -2.56. The summed E-state index contributed by atoms with van der Waals surface area (Å²) in [6, 6.07) is 5.56. The van der Waals surface area contributed by atoms with E-state index < -0.39 is 5.54 Å². The van der Waals surface area contributed by atoms with Gasteiger partial charge >= 0.3 is 0 Å². The van der Waals surface area contributed by atoms with Crippen LogP contribution in [-0.4, -0.2) is 30.3 Å². The second-order valence-electron chi connectivity index (χ2n) is 5.45. The number of hydrogen-bond donors (Lipinski definition) is 3. The topological polar surface area (TPSA) is 84.6 Å². The number of thiophene rings is 1. The van der Waals surface area contributed by atoms with Crippen molar-refractivity contribution in [2.24, 2.45) is 0 Å². The zero-order valence-electron chi connectivity index (χ0n) is 11.8. The lowest BCUT2D eigenvalue weighted by Gasteiger charge is -2.40. The Morgan fingerprint density at radius 1 is 1.52 bits per heavy atom. The van der Waals surface area contributed by atoms with Crippen molar-refractivity contribution in [1.82, 2.24) is 5.32 Å². The van der Waals surface area contributed by atoms with Gasteiger partial charge in [0, 0.05) is 10.1 Å². The Morgan fingerprint density at radius 3 is 2.86 bits per heavy atom. The fourth-order valence-corrected chi connectivity index (χ4v) is 3.66. The standard InChI is InChI=1S/C15H18N2O3S/c1-20-9-3-4-10-11(7-9)21-13(12(10)16)14(19)17-15(8-18)5-2-6-15/h3-4,7,18H,2,5-6,8,16H2,1H3,(H,17,19). The van der Waals surface area contributed by atoms with Gasteiger partial charge in [-0.05, 0) is 37.5 Å². The molecule has 0 saturated heterocycles. The number of ether oxygens (including phenoxy) is 1. The number of anilines is 1. The predicted octanol–water partition coefficient (Wildman–Crippen LogP) is 2.14. The zero-order chi connectivity index (χ0) is 15.0. The van der Waals surface area contributed by atoms with E-state index in [0.717, 1.165) is 35.1 Å². The van der Waals surface area contributed by atoms with Gasteiger partial charge in [0.2, 0.25) is 0 Å². The van der Waals surface area contributed by atoms with Crippen molar-refractivity contribution in [3.8, 4) is 5.75 Å². The van der Waals surface area contributed by atoms with Crippen LogP contribution in [0.25, 0.3) is 10.1 Å². The quantitative estimate of drug-likeness (QED) is 0.808. The molecule has 5 nitrogen and oxygen atoms in total. The molecule has 0 radical (unpaired) electrons. The van der Waals surface area contributed by atoms with Crippen LogP contribution in [0.4, 0.5) is 5.69 Å². The van der Waals surface area contributed by atoms with Crippen molar-refractivity contribution in [2.45, 2.75) is 24.8 Å². The van der Waals surface area contributed by atoms with Crippen LogP contribution in [0.2, 0.25) is 0 Å². The van der Waals surface area contributed by atoms with Crippen molar-refractivity contribution >= 4 is 33.0 Å². The summed E-state index contributed by atoms with van der Waals surface area (Å²) in [5, 5.41) is 13.2. The number of hydrogen-bond acceptors (Lipinski definition) is 5. The van der Waals surface area contributed by atoms with Crippen molar-refractivity contribution in [3.63, 3.8) is 0 Å². The fourth-order valence-electron chi connectivity index (χ4n) is 2.62. The van der Waals surface area contributed by atoms with Gasteiger partial charge in [-0.15, -0.1) is 11.3 Å². The maximum atomic E-state index is 12.4. The third-order valence-electron chi connectivity index (χ3n) is 4.13. The van der Waals surface area contributed by atoms with Crippen LogP contribution in [0.15, 0.2) is 18.2 Å². The molecular formula is C15H18N2O3S. The van der Waals surface area contributed by atoms with Gasteiger partial charge in [0.05, 0.1) is 24.9 Å². The van der Waals surface area contributed by atoms with Crippen LogP contribution in [-0.2, 0) is 0 Å². The van der Waals surface area contributed by atoms with E-state index in [1.54, 1.807) is 7.11 Å². The number of amides is 1. The van der Waals surface area contributed by atoms with Gasteiger partial charge in [-0.2, -0.15) is 0 Å². The van der Waals surface area contributed by atoms with Gasteiger partial charge in [-0.3, -0.25) is 4.79 Å². The molecule has 1 fully saturated rings.